The first kappa shape index (κ1) is 21.3. The summed E-state index contributed by atoms with van der Waals surface area (Å²) in [4.78, 5) is 0. The Labute approximate surface area is 209 Å². The summed E-state index contributed by atoms with van der Waals surface area (Å²) in [6, 6.07) is 22.5. The first-order valence-corrected chi connectivity index (χ1v) is 12.5. The van der Waals surface area contributed by atoms with Crippen LogP contribution in [0.3, 0.4) is 0 Å². The van der Waals surface area contributed by atoms with Gasteiger partial charge in [-0.25, -0.2) is 8.96 Å². The zero-order valence-electron chi connectivity index (χ0n) is 21.2. The fraction of sp³-hybridized carbons (Fsp3) is 0.182. The van der Waals surface area contributed by atoms with Gasteiger partial charge in [-0.3, -0.25) is 0 Å². The summed E-state index contributed by atoms with van der Waals surface area (Å²) in [5, 5.41) is 4.19. The molecule has 2 heterocycles. The molecule has 36 heavy (non-hydrogen) atoms. The molecule has 6 aromatic rings. The second-order valence-electron chi connectivity index (χ2n) is 10.7. The summed E-state index contributed by atoms with van der Waals surface area (Å²) in [6.07, 6.45) is 2.10. The lowest BCUT2D eigenvalue weighted by Crippen LogP contribution is -2.31. The number of fused-ring (bicyclic) bond motifs is 8. The number of hydrogen-bond donors (Lipinski definition) is 0. The molecule has 7 rings (SSSR count). The minimum atomic E-state index is -0.306. The van der Waals surface area contributed by atoms with Crippen LogP contribution in [-0.2, 0) is 12.5 Å². The van der Waals surface area contributed by atoms with E-state index in [9.17, 15) is 0 Å². The minimum Gasteiger partial charge on any atom is -0.455 e. The van der Waals surface area contributed by atoms with Gasteiger partial charge in [-0.15, -0.1) is 0 Å². The fourth-order valence-corrected chi connectivity index (χ4v) is 6.46. The van der Waals surface area contributed by atoms with Gasteiger partial charge in [0.1, 0.15) is 24.0 Å². The zero-order valence-corrected chi connectivity index (χ0v) is 21.2. The summed E-state index contributed by atoms with van der Waals surface area (Å²) in [5.74, 6) is -0.172. The first-order valence-electron chi connectivity index (χ1n) is 12.5. The monoisotopic (exact) mass is 472 g/mol. The topological polar surface area (TPSA) is 17.0 Å². The Morgan fingerprint density at radius 2 is 1.56 bits per heavy atom. The molecule has 1 aliphatic rings. The Balaban J connectivity index is 1.66. The SMILES string of the molecule is Cc1cc2c(oc3ccccc32)c(-c2c3cc(F)c4c(c3cc[n+]2C)C(C)(C)c2ccccc2-4)c1C. The number of rotatable bonds is 1. The van der Waals surface area contributed by atoms with Crippen molar-refractivity contribution < 1.29 is 13.4 Å². The van der Waals surface area contributed by atoms with Gasteiger partial charge in [-0.1, -0.05) is 56.3 Å². The Morgan fingerprint density at radius 1 is 0.806 bits per heavy atom. The third-order valence-electron chi connectivity index (χ3n) is 8.31. The third-order valence-corrected chi connectivity index (χ3v) is 8.31. The Morgan fingerprint density at radius 3 is 2.39 bits per heavy atom. The normalized spacial score (nSPS) is 14.1. The first-order chi connectivity index (χ1) is 17.3. The molecule has 0 unspecified atom stereocenters. The number of aryl methyl sites for hydroxylation is 2. The van der Waals surface area contributed by atoms with Gasteiger partial charge in [0.05, 0.1) is 10.9 Å². The van der Waals surface area contributed by atoms with Crippen molar-refractivity contribution in [3.63, 3.8) is 0 Å². The number of aromatic nitrogens is 1. The zero-order chi connectivity index (χ0) is 24.9. The Kier molecular flexibility index (Phi) is 4.17. The molecule has 0 saturated heterocycles. The molecule has 0 bridgehead atoms. The second-order valence-corrected chi connectivity index (χ2v) is 10.7. The van der Waals surface area contributed by atoms with E-state index in [1.807, 2.05) is 43.4 Å². The molecular weight excluding hydrogens is 445 g/mol. The molecule has 0 saturated carbocycles. The Hall–Kier alpha value is -3.98. The molecule has 0 N–H and O–H groups in total. The maximum Gasteiger partial charge on any atom is 0.224 e. The maximum absolute atomic E-state index is 16.1. The van der Waals surface area contributed by atoms with Crippen LogP contribution in [0.5, 0.6) is 0 Å². The molecule has 0 radical (unpaired) electrons. The van der Waals surface area contributed by atoms with Gasteiger partial charge in [0.15, 0.2) is 6.20 Å². The van der Waals surface area contributed by atoms with Crippen LogP contribution in [0, 0.1) is 19.7 Å². The summed E-state index contributed by atoms with van der Waals surface area (Å²) in [6.45, 7) is 8.69. The number of nitrogens with zero attached hydrogens (tertiary/aromatic N) is 1. The van der Waals surface area contributed by atoms with Crippen LogP contribution in [0.2, 0.25) is 0 Å². The van der Waals surface area contributed by atoms with Crippen molar-refractivity contribution in [3.8, 4) is 22.4 Å². The van der Waals surface area contributed by atoms with Crippen LogP contribution in [0.1, 0.15) is 36.1 Å². The summed E-state index contributed by atoms with van der Waals surface area (Å²) in [7, 11) is 2.04. The molecule has 0 atom stereocenters. The molecular formula is C33H27FNO+. The maximum atomic E-state index is 16.1. The lowest BCUT2D eigenvalue weighted by molar-refractivity contribution is -0.659. The van der Waals surface area contributed by atoms with Gasteiger partial charge in [0.25, 0.3) is 0 Å². The highest BCUT2D eigenvalue weighted by Gasteiger charge is 2.40. The van der Waals surface area contributed by atoms with E-state index in [0.717, 1.165) is 66.2 Å². The largest absolute Gasteiger partial charge is 0.455 e. The van der Waals surface area contributed by atoms with E-state index in [0.29, 0.717) is 0 Å². The molecule has 176 valence electrons. The van der Waals surface area contributed by atoms with Crippen LogP contribution in [0.25, 0.3) is 55.1 Å². The minimum absolute atomic E-state index is 0.172. The van der Waals surface area contributed by atoms with Crippen molar-refractivity contribution >= 4 is 32.7 Å². The molecule has 0 fully saturated rings. The van der Waals surface area contributed by atoms with Crippen LogP contribution in [-0.4, -0.2) is 0 Å². The highest BCUT2D eigenvalue weighted by atomic mass is 19.1. The van der Waals surface area contributed by atoms with Crippen molar-refractivity contribution in [2.75, 3.05) is 0 Å². The van der Waals surface area contributed by atoms with Gasteiger partial charge in [-0.2, -0.15) is 0 Å². The van der Waals surface area contributed by atoms with Gasteiger partial charge in [0.2, 0.25) is 5.69 Å². The van der Waals surface area contributed by atoms with E-state index >= 15 is 4.39 Å². The molecule has 3 heteroatoms. The number of halogens is 1. The second kappa shape index (κ2) is 7.04. The predicted octanol–water partition coefficient (Wildman–Crippen LogP) is 8.29. The molecule has 0 amide bonds. The average Bonchev–Trinajstić information content (AvgIpc) is 3.34. The summed E-state index contributed by atoms with van der Waals surface area (Å²) < 4.78 is 24.7. The van der Waals surface area contributed by atoms with E-state index in [2.05, 4.69) is 62.7 Å². The highest BCUT2D eigenvalue weighted by Crippen LogP contribution is 2.53. The van der Waals surface area contributed by atoms with Crippen molar-refractivity contribution in [2.45, 2.75) is 33.1 Å². The molecule has 0 spiro atoms. The van der Waals surface area contributed by atoms with E-state index in [1.165, 1.54) is 11.1 Å². The fourth-order valence-electron chi connectivity index (χ4n) is 6.46. The van der Waals surface area contributed by atoms with Crippen molar-refractivity contribution in [3.05, 3.63) is 101 Å². The van der Waals surface area contributed by atoms with Crippen molar-refractivity contribution in [1.82, 2.24) is 0 Å². The van der Waals surface area contributed by atoms with Crippen LogP contribution < -0.4 is 4.57 Å². The molecule has 0 aliphatic heterocycles. The van der Waals surface area contributed by atoms with E-state index in [1.54, 1.807) is 6.07 Å². The number of hydrogen-bond acceptors (Lipinski definition) is 1. The molecule has 2 aromatic heterocycles. The van der Waals surface area contributed by atoms with E-state index < -0.39 is 0 Å². The van der Waals surface area contributed by atoms with Crippen LogP contribution in [0.15, 0.2) is 77.3 Å². The summed E-state index contributed by atoms with van der Waals surface area (Å²) in [5.41, 5.74) is 9.72. The van der Waals surface area contributed by atoms with E-state index in [4.69, 9.17) is 4.42 Å². The molecule has 4 aromatic carbocycles. The van der Waals surface area contributed by atoms with E-state index in [-0.39, 0.29) is 11.2 Å². The Bertz CT molecular complexity index is 1910. The number of pyridine rings is 1. The number of furan rings is 1. The van der Waals surface area contributed by atoms with Gasteiger partial charge in [0, 0.05) is 27.8 Å². The quantitative estimate of drug-likeness (QED) is 0.220. The van der Waals surface area contributed by atoms with Gasteiger partial charge < -0.3 is 4.42 Å². The lowest BCUT2D eigenvalue weighted by atomic mass is 9.80. The lowest BCUT2D eigenvalue weighted by Gasteiger charge is -2.23. The van der Waals surface area contributed by atoms with Crippen LogP contribution >= 0.6 is 0 Å². The molecule has 1 aliphatic carbocycles. The van der Waals surface area contributed by atoms with Crippen molar-refractivity contribution in [1.29, 1.82) is 0 Å². The molecule has 2 nitrogen and oxygen atoms in total. The van der Waals surface area contributed by atoms with Gasteiger partial charge >= 0.3 is 0 Å². The standard InChI is InChI=1S/C33H27FNO/c1-18-16-24-20-10-7-9-13-27(20)36-32(24)28(19(18)2)31-23-17-26(34)29-22-11-6-8-12-25(22)33(3,4)30(29)21(23)14-15-35(31)5/h6-17H,1-5H3/q+1. The van der Waals surface area contributed by atoms with Crippen LogP contribution in [0.4, 0.5) is 4.39 Å². The van der Waals surface area contributed by atoms with Gasteiger partial charge in [-0.05, 0) is 65.3 Å². The average molecular weight is 473 g/mol. The summed E-state index contributed by atoms with van der Waals surface area (Å²) >= 11 is 0. The number of benzene rings is 4. The number of para-hydroxylation sites is 1. The predicted molar refractivity (Wildman–Crippen MR) is 145 cm³/mol. The third kappa shape index (κ3) is 2.58. The van der Waals surface area contributed by atoms with Crippen molar-refractivity contribution in [2.24, 2.45) is 7.05 Å². The highest BCUT2D eigenvalue weighted by molar-refractivity contribution is 6.13. The smallest absolute Gasteiger partial charge is 0.224 e.